The van der Waals surface area contributed by atoms with E-state index in [0.29, 0.717) is 6.61 Å². The largest absolute Gasteiger partial charge is 0.497 e. The van der Waals surface area contributed by atoms with E-state index < -0.39 is 0 Å². The number of methoxy groups -OCH3 is 1. The van der Waals surface area contributed by atoms with Crippen LogP contribution in [0.3, 0.4) is 0 Å². The molecule has 4 nitrogen and oxygen atoms in total. The Morgan fingerprint density at radius 3 is 2.44 bits per heavy atom. The lowest BCUT2D eigenvalue weighted by molar-refractivity contribution is -0.126. The number of carbonyl (C=O) groups excluding carboxylic acids is 1. The van der Waals surface area contributed by atoms with Crippen molar-refractivity contribution in [1.29, 1.82) is 0 Å². The van der Waals surface area contributed by atoms with Gasteiger partial charge in [-0.1, -0.05) is 19.1 Å². The minimum absolute atomic E-state index is 0.0175. The average molecular weight is 251 g/mol. The topological polar surface area (TPSA) is 47.6 Å². The van der Waals surface area contributed by atoms with Gasteiger partial charge in [0.05, 0.1) is 13.2 Å². The van der Waals surface area contributed by atoms with E-state index in [4.69, 9.17) is 9.47 Å². The van der Waals surface area contributed by atoms with Crippen LogP contribution in [0.15, 0.2) is 24.3 Å². The molecule has 0 saturated heterocycles. The van der Waals surface area contributed by atoms with E-state index >= 15 is 0 Å². The maximum absolute atomic E-state index is 11.6. The van der Waals surface area contributed by atoms with Crippen molar-refractivity contribution in [2.75, 3.05) is 20.3 Å². The Bertz CT molecular complexity index is 362. The van der Waals surface area contributed by atoms with Crippen LogP contribution >= 0.6 is 0 Å². The molecule has 0 aromatic heterocycles. The van der Waals surface area contributed by atoms with Gasteiger partial charge in [-0.05, 0) is 31.0 Å². The summed E-state index contributed by atoms with van der Waals surface area (Å²) in [6, 6.07) is 7.74. The van der Waals surface area contributed by atoms with Crippen molar-refractivity contribution in [3.8, 4) is 5.75 Å². The van der Waals surface area contributed by atoms with E-state index in [1.54, 1.807) is 7.11 Å². The van der Waals surface area contributed by atoms with Gasteiger partial charge in [-0.25, -0.2) is 0 Å². The molecule has 1 amide bonds. The summed E-state index contributed by atoms with van der Waals surface area (Å²) in [5.74, 6) is 0.730. The maximum atomic E-state index is 11.6. The molecular weight excluding hydrogens is 230 g/mol. The van der Waals surface area contributed by atoms with Crippen molar-refractivity contribution < 1.29 is 14.3 Å². The molecule has 1 unspecified atom stereocenters. The first-order valence-electron chi connectivity index (χ1n) is 6.22. The molecule has 0 aliphatic rings. The molecule has 1 aromatic rings. The summed E-state index contributed by atoms with van der Waals surface area (Å²) in [4.78, 5) is 11.6. The minimum atomic E-state index is -0.0838. The number of hydrogen-bond acceptors (Lipinski definition) is 3. The van der Waals surface area contributed by atoms with Gasteiger partial charge in [-0.3, -0.25) is 4.79 Å². The zero-order valence-corrected chi connectivity index (χ0v) is 11.2. The van der Waals surface area contributed by atoms with Gasteiger partial charge in [0, 0.05) is 6.61 Å². The van der Waals surface area contributed by atoms with Crippen LogP contribution < -0.4 is 10.1 Å². The third kappa shape index (κ3) is 4.37. The van der Waals surface area contributed by atoms with Gasteiger partial charge in [0.25, 0.3) is 0 Å². The zero-order valence-electron chi connectivity index (χ0n) is 11.2. The number of carbonyl (C=O) groups is 1. The fourth-order valence-corrected chi connectivity index (χ4v) is 1.69. The highest BCUT2D eigenvalue weighted by molar-refractivity contribution is 5.77. The molecule has 0 radical (unpaired) electrons. The summed E-state index contributed by atoms with van der Waals surface area (Å²) < 4.78 is 10.2. The maximum Gasteiger partial charge on any atom is 0.246 e. The van der Waals surface area contributed by atoms with Gasteiger partial charge in [0.2, 0.25) is 5.91 Å². The molecule has 1 N–H and O–H groups in total. The van der Waals surface area contributed by atoms with Gasteiger partial charge in [0.15, 0.2) is 0 Å². The Labute approximate surface area is 108 Å². The van der Waals surface area contributed by atoms with Crippen LogP contribution in [0.1, 0.15) is 31.9 Å². The molecule has 18 heavy (non-hydrogen) atoms. The lowest BCUT2D eigenvalue weighted by Crippen LogP contribution is -2.31. The second-order valence-corrected chi connectivity index (χ2v) is 3.94. The Hall–Kier alpha value is -1.55. The number of amides is 1. The molecule has 1 rings (SSSR count). The third-order valence-corrected chi connectivity index (χ3v) is 2.70. The second kappa shape index (κ2) is 7.71. The molecule has 0 aliphatic carbocycles. The highest BCUT2D eigenvalue weighted by Crippen LogP contribution is 2.19. The Morgan fingerprint density at radius 1 is 1.28 bits per heavy atom. The van der Waals surface area contributed by atoms with Gasteiger partial charge in [-0.2, -0.15) is 0 Å². The summed E-state index contributed by atoms with van der Waals surface area (Å²) >= 11 is 0. The monoisotopic (exact) mass is 251 g/mol. The fraction of sp³-hybridized carbons (Fsp3) is 0.500. The number of benzene rings is 1. The van der Waals surface area contributed by atoms with Crippen molar-refractivity contribution in [2.24, 2.45) is 0 Å². The summed E-state index contributed by atoms with van der Waals surface area (Å²) in [6.45, 7) is 4.57. The highest BCUT2D eigenvalue weighted by Gasteiger charge is 2.12. The molecule has 0 heterocycles. The molecule has 0 fully saturated rings. The van der Waals surface area contributed by atoms with E-state index in [0.717, 1.165) is 17.7 Å². The molecule has 0 saturated carbocycles. The van der Waals surface area contributed by atoms with Crippen LogP contribution in [0.5, 0.6) is 5.75 Å². The zero-order chi connectivity index (χ0) is 13.4. The molecule has 1 aromatic carbocycles. The summed E-state index contributed by atoms with van der Waals surface area (Å²) in [7, 11) is 1.64. The SMILES string of the molecule is CCOCC(=O)NC(CC)c1ccc(OC)cc1. The third-order valence-electron chi connectivity index (χ3n) is 2.70. The minimum Gasteiger partial charge on any atom is -0.497 e. The first-order chi connectivity index (χ1) is 8.71. The quantitative estimate of drug-likeness (QED) is 0.809. The molecule has 0 aliphatic heterocycles. The van der Waals surface area contributed by atoms with Crippen molar-refractivity contribution in [3.63, 3.8) is 0 Å². The van der Waals surface area contributed by atoms with Crippen molar-refractivity contribution >= 4 is 5.91 Å². The Balaban J connectivity index is 2.61. The van der Waals surface area contributed by atoms with Gasteiger partial charge in [-0.15, -0.1) is 0 Å². The number of ether oxygens (including phenoxy) is 2. The smallest absolute Gasteiger partial charge is 0.246 e. The van der Waals surface area contributed by atoms with Crippen LogP contribution in [-0.2, 0) is 9.53 Å². The summed E-state index contributed by atoms with van der Waals surface area (Å²) in [5, 5.41) is 2.95. The predicted molar refractivity (Wildman–Crippen MR) is 70.7 cm³/mol. The lowest BCUT2D eigenvalue weighted by Gasteiger charge is -2.17. The van der Waals surface area contributed by atoms with E-state index in [9.17, 15) is 4.79 Å². The van der Waals surface area contributed by atoms with Crippen molar-refractivity contribution in [3.05, 3.63) is 29.8 Å². The number of hydrogen-bond donors (Lipinski definition) is 1. The standard InChI is InChI=1S/C14H21NO3/c1-4-13(15-14(16)10-18-5-2)11-6-8-12(17-3)9-7-11/h6-9,13H,4-5,10H2,1-3H3,(H,15,16). The lowest BCUT2D eigenvalue weighted by atomic mass is 10.0. The van der Waals surface area contributed by atoms with Crippen molar-refractivity contribution in [1.82, 2.24) is 5.32 Å². The Kier molecular flexibility index (Phi) is 6.22. The predicted octanol–water partition coefficient (Wildman–Crippen LogP) is 2.30. The van der Waals surface area contributed by atoms with Crippen LogP contribution in [-0.4, -0.2) is 26.2 Å². The van der Waals surface area contributed by atoms with Gasteiger partial charge in [0.1, 0.15) is 12.4 Å². The first-order valence-corrected chi connectivity index (χ1v) is 6.22. The number of rotatable bonds is 7. The van der Waals surface area contributed by atoms with Crippen LogP contribution in [0.25, 0.3) is 0 Å². The van der Waals surface area contributed by atoms with E-state index in [1.807, 2.05) is 38.1 Å². The van der Waals surface area contributed by atoms with Gasteiger partial charge < -0.3 is 14.8 Å². The highest BCUT2D eigenvalue weighted by atomic mass is 16.5. The molecule has 1 atom stereocenters. The van der Waals surface area contributed by atoms with Crippen LogP contribution in [0.4, 0.5) is 0 Å². The molecule has 4 heteroatoms. The molecule has 0 bridgehead atoms. The second-order valence-electron chi connectivity index (χ2n) is 3.94. The van der Waals surface area contributed by atoms with E-state index in [2.05, 4.69) is 5.32 Å². The average Bonchev–Trinajstić information content (AvgIpc) is 2.42. The number of nitrogens with one attached hydrogen (secondary N) is 1. The van der Waals surface area contributed by atoms with Crippen LogP contribution in [0, 0.1) is 0 Å². The van der Waals surface area contributed by atoms with E-state index in [1.165, 1.54) is 0 Å². The summed E-state index contributed by atoms with van der Waals surface area (Å²) in [5.41, 5.74) is 1.07. The summed E-state index contributed by atoms with van der Waals surface area (Å²) in [6.07, 6.45) is 0.837. The fourth-order valence-electron chi connectivity index (χ4n) is 1.69. The first kappa shape index (κ1) is 14.5. The molecular formula is C14H21NO3. The Morgan fingerprint density at radius 2 is 1.94 bits per heavy atom. The molecule has 0 spiro atoms. The van der Waals surface area contributed by atoms with Gasteiger partial charge >= 0.3 is 0 Å². The van der Waals surface area contributed by atoms with Crippen LogP contribution in [0.2, 0.25) is 0 Å². The van der Waals surface area contributed by atoms with Crippen molar-refractivity contribution in [2.45, 2.75) is 26.3 Å². The normalized spacial score (nSPS) is 11.9. The molecule has 100 valence electrons. The van der Waals surface area contributed by atoms with E-state index in [-0.39, 0.29) is 18.6 Å².